The molecule has 2 rings (SSSR count). The molecule has 2 heterocycles. The van der Waals surface area contributed by atoms with Crippen molar-refractivity contribution in [2.24, 2.45) is 0 Å². The highest BCUT2D eigenvalue weighted by molar-refractivity contribution is 5.85. The van der Waals surface area contributed by atoms with Crippen molar-refractivity contribution >= 4 is 24.8 Å². The van der Waals surface area contributed by atoms with Crippen molar-refractivity contribution in [3.63, 3.8) is 0 Å². The number of aromatic nitrogens is 2. The molecule has 118 valence electrons. The first-order valence-electron chi connectivity index (χ1n) is 6.80. The fourth-order valence-electron chi connectivity index (χ4n) is 2.23. The van der Waals surface area contributed by atoms with Crippen molar-refractivity contribution in [2.45, 2.75) is 26.4 Å². The molecule has 0 radical (unpaired) electrons. The van der Waals surface area contributed by atoms with Crippen molar-refractivity contribution in [1.29, 1.82) is 0 Å². The zero-order valence-corrected chi connectivity index (χ0v) is 13.9. The molecule has 1 aliphatic heterocycles. The number of hydrogen-bond acceptors (Lipinski definition) is 4. The van der Waals surface area contributed by atoms with Crippen molar-refractivity contribution in [2.75, 3.05) is 39.4 Å². The number of ether oxygens (including phenoxy) is 1. The van der Waals surface area contributed by atoms with Gasteiger partial charge in [0.05, 0.1) is 18.9 Å². The van der Waals surface area contributed by atoms with Crippen LogP contribution in [0.4, 0.5) is 0 Å². The lowest BCUT2D eigenvalue weighted by atomic mass is 10.3. The number of morpholine rings is 1. The van der Waals surface area contributed by atoms with Crippen LogP contribution in [-0.2, 0) is 11.3 Å². The fraction of sp³-hybridized carbons (Fsp3) is 0.769. The van der Waals surface area contributed by atoms with Gasteiger partial charge in [0.15, 0.2) is 0 Å². The lowest BCUT2D eigenvalue weighted by Crippen LogP contribution is -2.40. The largest absolute Gasteiger partial charge is 0.379 e. The summed E-state index contributed by atoms with van der Waals surface area (Å²) >= 11 is 0. The topological polar surface area (TPSA) is 42.3 Å². The highest BCUT2D eigenvalue weighted by Gasteiger charge is 2.09. The van der Waals surface area contributed by atoms with Crippen molar-refractivity contribution in [3.8, 4) is 0 Å². The molecular formula is C13H26Cl2N4O. The van der Waals surface area contributed by atoms with E-state index < -0.39 is 0 Å². The number of nitrogens with one attached hydrogen (secondary N) is 1. The summed E-state index contributed by atoms with van der Waals surface area (Å²) < 4.78 is 7.40. The molecular weight excluding hydrogens is 299 g/mol. The first-order valence-corrected chi connectivity index (χ1v) is 6.80. The predicted molar refractivity (Wildman–Crippen MR) is 86.1 cm³/mol. The first kappa shape index (κ1) is 19.7. The molecule has 0 unspecified atom stereocenters. The van der Waals surface area contributed by atoms with Crippen LogP contribution in [0.2, 0.25) is 0 Å². The van der Waals surface area contributed by atoms with Crippen LogP contribution < -0.4 is 5.32 Å². The first-order chi connectivity index (χ1) is 8.77. The van der Waals surface area contributed by atoms with Crippen LogP contribution in [0.5, 0.6) is 0 Å². The highest BCUT2D eigenvalue weighted by atomic mass is 35.5. The molecule has 0 atom stereocenters. The molecule has 0 aliphatic carbocycles. The number of hydrogen-bond donors (Lipinski definition) is 1. The molecule has 0 bridgehead atoms. The zero-order chi connectivity index (χ0) is 12.8. The van der Waals surface area contributed by atoms with Crippen LogP contribution in [0.15, 0.2) is 12.3 Å². The van der Waals surface area contributed by atoms with Crippen LogP contribution in [0.25, 0.3) is 0 Å². The summed E-state index contributed by atoms with van der Waals surface area (Å²) in [4.78, 5) is 2.44. The van der Waals surface area contributed by atoms with E-state index in [4.69, 9.17) is 4.74 Å². The van der Waals surface area contributed by atoms with E-state index in [0.29, 0.717) is 6.04 Å². The standard InChI is InChI=1S/C13H24N4O.2ClH/c1-12(2)17-13(3-4-15-17)11-14-5-6-16-7-9-18-10-8-16;;/h3-4,12,14H,5-11H2,1-2H3;2*1H. The predicted octanol–water partition coefficient (Wildman–Crippen LogP) is 1.73. The van der Waals surface area contributed by atoms with Gasteiger partial charge in [0, 0.05) is 45.0 Å². The van der Waals surface area contributed by atoms with E-state index in [9.17, 15) is 0 Å². The van der Waals surface area contributed by atoms with Gasteiger partial charge >= 0.3 is 0 Å². The molecule has 0 spiro atoms. The minimum absolute atomic E-state index is 0. The second-order valence-electron chi connectivity index (χ2n) is 4.99. The molecule has 1 aromatic heterocycles. The van der Waals surface area contributed by atoms with Gasteiger partial charge < -0.3 is 10.1 Å². The molecule has 0 aromatic carbocycles. The fourth-order valence-corrected chi connectivity index (χ4v) is 2.23. The van der Waals surface area contributed by atoms with E-state index in [0.717, 1.165) is 45.9 Å². The molecule has 1 fully saturated rings. The van der Waals surface area contributed by atoms with Crippen LogP contribution in [0.3, 0.4) is 0 Å². The van der Waals surface area contributed by atoms with Gasteiger partial charge in [0.25, 0.3) is 0 Å². The Balaban J connectivity index is 0.00000180. The monoisotopic (exact) mass is 324 g/mol. The van der Waals surface area contributed by atoms with Gasteiger partial charge in [-0.15, -0.1) is 24.8 Å². The number of rotatable bonds is 6. The molecule has 20 heavy (non-hydrogen) atoms. The Labute approximate surface area is 133 Å². The van der Waals surface area contributed by atoms with Gasteiger partial charge in [-0.2, -0.15) is 5.10 Å². The summed E-state index contributed by atoms with van der Waals surface area (Å²) in [5, 5.41) is 7.82. The maximum absolute atomic E-state index is 5.33. The summed E-state index contributed by atoms with van der Waals surface area (Å²) in [5.41, 5.74) is 1.26. The molecule has 5 nitrogen and oxygen atoms in total. The summed E-state index contributed by atoms with van der Waals surface area (Å²) in [6, 6.07) is 2.51. The molecule has 1 N–H and O–H groups in total. The lowest BCUT2D eigenvalue weighted by Gasteiger charge is -2.26. The molecule has 0 amide bonds. The Morgan fingerprint density at radius 3 is 2.65 bits per heavy atom. The van der Waals surface area contributed by atoms with Crippen LogP contribution in [0.1, 0.15) is 25.6 Å². The Bertz CT molecular complexity index is 354. The average molecular weight is 325 g/mol. The van der Waals surface area contributed by atoms with Gasteiger partial charge in [0.1, 0.15) is 0 Å². The second-order valence-corrected chi connectivity index (χ2v) is 4.99. The Morgan fingerprint density at radius 2 is 2.00 bits per heavy atom. The summed E-state index contributed by atoms with van der Waals surface area (Å²) in [7, 11) is 0. The molecule has 1 aliphatic rings. The quantitative estimate of drug-likeness (QED) is 0.809. The van der Waals surface area contributed by atoms with E-state index in [1.54, 1.807) is 0 Å². The van der Waals surface area contributed by atoms with Crippen LogP contribution >= 0.6 is 24.8 Å². The van der Waals surface area contributed by atoms with Gasteiger partial charge in [-0.05, 0) is 19.9 Å². The minimum atomic E-state index is 0. The van der Waals surface area contributed by atoms with E-state index in [1.165, 1.54) is 5.69 Å². The maximum atomic E-state index is 5.33. The van der Waals surface area contributed by atoms with Crippen LogP contribution in [-0.4, -0.2) is 54.1 Å². The number of halogens is 2. The van der Waals surface area contributed by atoms with Crippen molar-refractivity contribution < 1.29 is 4.74 Å². The van der Waals surface area contributed by atoms with Gasteiger partial charge in [-0.25, -0.2) is 0 Å². The van der Waals surface area contributed by atoms with E-state index in [2.05, 4.69) is 39.9 Å². The van der Waals surface area contributed by atoms with E-state index in [-0.39, 0.29) is 24.8 Å². The summed E-state index contributed by atoms with van der Waals surface area (Å²) in [5.74, 6) is 0. The third kappa shape index (κ3) is 5.97. The molecule has 1 aromatic rings. The van der Waals surface area contributed by atoms with E-state index in [1.807, 2.05) is 6.20 Å². The SMILES string of the molecule is CC(C)n1nccc1CNCCN1CCOCC1.Cl.Cl. The van der Waals surface area contributed by atoms with Crippen molar-refractivity contribution in [3.05, 3.63) is 18.0 Å². The second kappa shape index (κ2) is 10.4. The average Bonchev–Trinajstić information content (AvgIpc) is 2.84. The molecule has 0 saturated carbocycles. The van der Waals surface area contributed by atoms with Gasteiger partial charge in [-0.1, -0.05) is 0 Å². The maximum Gasteiger partial charge on any atom is 0.0594 e. The normalized spacial score (nSPS) is 15.8. The molecule has 7 heteroatoms. The zero-order valence-electron chi connectivity index (χ0n) is 12.2. The minimum Gasteiger partial charge on any atom is -0.379 e. The van der Waals surface area contributed by atoms with Gasteiger partial charge in [-0.3, -0.25) is 9.58 Å². The summed E-state index contributed by atoms with van der Waals surface area (Å²) in [6.45, 7) is 11.2. The Kier molecular flexibility index (Phi) is 10.2. The Hall–Kier alpha value is -0.330. The highest BCUT2D eigenvalue weighted by Crippen LogP contribution is 2.07. The summed E-state index contributed by atoms with van der Waals surface area (Å²) in [6.07, 6.45) is 1.87. The van der Waals surface area contributed by atoms with Crippen molar-refractivity contribution in [1.82, 2.24) is 20.0 Å². The smallest absolute Gasteiger partial charge is 0.0594 e. The van der Waals surface area contributed by atoms with E-state index >= 15 is 0 Å². The number of nitrogens with zero attached hydrogens (tertiary/aromatic N) is 3. The lowest BCUT2D eigenvalue weighted by molar-refractivity contribution is 0.0384. The molecule has 1 saturated heterocycles. The third-order valence-corrected chi connectivity index (χ3v) is 3.26. The van der Waals surface area contributed by atoms with Gasteiger partial charge in [0.2, 0.25) is 0 Å². The Morgan fingerprint density at radius 1 is 1.30 bits per heavy atom. The van der Waals surface area contributed by atoms with Crippen LogP contribution in [0, 0.1) is 0 Å². The third-order valence-electron chi connectivity index (χ3n) is 3.26.